The Kier molecular flexibility index (Phi) is 4.08. The van der Waals surface area contributed by atoms with Crippen molar-refractivity contribution in [2.45, 2.75) is 30.3 Å². The lowest BCUT2D eigenvalue weighted by Crippen LogP contribution is -2.15. The van der Waals surface area contributed by atoms with Gasteiger partial charge in [-0.15, -0.1) is 0 Å². The van der Waals surface area contributed by atoms with Crippen LogP contribution in [0.25, 0.3) is 10.9 Å². The van der Waals surface area contributed by atoms with Crippen LogP contribution in [0.15, 0.2) is 23.2 Å². The lowest BCUT2D eigenvalue weighted by molar-refractivity contribution is -0.145. The lowest BCUT2D eigenvalue weighted by atomic mass is 10.2. The van der Waals surface area contributed by atoms with Gasteiger partial charge in [0.1, 0.15) is 10.3 Å². The molecule has 0 aliphatic carbocycles. The minimum absolute atomic E-state index is 0.0194. The molecule has 21 heavy (non-hydrogen) atoms. The average molecular weight is 316 g/mol. The summed E-state index contributed by atoms with van der Waals surface area (Å²) in [5, 5.41) is 8.44. The number of hydrogen-bond donors (Lipinski definition) is 1. The monoisotopic (exact) mass is 316 g/mol. The number of hydrogen-bond acceptors (Lipinski definition) is 4. The summed E-state index contributed by atoms with van der Waals surface area (Å²) in [6.45, 7) is 3.18. The molecular weight excluding hydrogens is 305 g/mol. The third-order valence-electron chi connectivity index (χ3n) is 2.71. The largest absolute Gasteiger partial charge is 0.480 e. The fourth-order valence-corrected chi connectivity index (χ4v) is 2.51. The maximum Gasteiger partial charge on any atom is 0.451 e. The summed E-state index contributed by atoms with van der Waals surface area (Å²) >= 11 is 0.769. The molecule has 4 nitrogen and oxygen atoms in total. The normalized spacial score (nSPS) is 13.4. The number of carboxylic acids is 1. The quantitative estimate of drug-likeness (QED) is 0.693. The van der Waals surface area contributed by atoms with Crippen molar-refractivity contribution in [2.24, 2.45) is 0 Å². The van der Waals surface area contributed by atoms with Crippen molar-refractivity contribution >= 4 is 28.6 Å². The number of thioether (sulfide) groups is 1. The minimum Gasteiger partial charge on any atom is -0.480 e. The standard InChI is InChI=1S/C13H11F3N2O2S/c1-6-3-4-9-8(5-6)10(21-7(2)11(19)20)18-12(17-9)13(14,15)16/h3-5,7H,1-2H3,(H,19,20). The predicted octanol–water partition coefficient (Wildman–Crippen LogP) is 3.52. The molecule has 2 aromatic rings. The van der Waals surface area contributed by atoms with Crippen LogP contribution in [0.4, 0.5) is 13.2 Å². The van der Waals surface area contributed by atoms with Crippen molar-refractivity contribution in [2.75, 3.05) is 0 Å². The zero-order valence-corrected chi connectivity index (χ0v) is 11.9. The van der Waals surface area contributed by atoms with Crippen molar-refractivity contribution in [1.82, 2.24) is 9.97 Å². The van der Waals surface area contributed by atoms with Gasteiger partial charge >= 0.3 is 12.1 Å². The van der Waals surface area contributed by atoms with E-state index in [2.05, 4.69) is 9.97 Å². The molecule has 0 saturated heterocycles. The van der Waals surface area contributed by atoms with Crippen molar-refractivity contribution in [3.63, 3.8) is 0 Å². The lowest BCUT2D eigenvalue weighted by Gasteiger charge is -2.12. The minimum atomic E-state index is -4.68. The third-order valence-corrected chi connectivity index (χ3v) is 3.80. The Morgan fingerprint density at radius 1 is 1.33 bits per heavy atom. The highest BCUT2D eigenvalue weighted by molar-refractivity contribution is 8.00. The summed E-state index contributed by atoms with van der Waals surface area (Å²) in [4.78, 5) is 17.9. The maximum absolute atomic E-state index is 12.8. The van der Waals surface area contributed by atoms with Crippen molar-refractivity contribution in [1.29, 1.82) is 0 Å². The third kappa shape index (κ3) is 3.44. The summed E-state index contributed by atoms with van der Waals surface area (Å²) in [7, 11) is 0. The van der Waals surface area contributed by atoms with Gasteiger partial charge in [0.05, 0.1) is 5.52 Å². The molecule has 1 unspecified atom stereocenters. The Bertz CT molecular complexity index is 704. The highest BCUT2D eigenvalue weighted by Gasteiger charge is 2.35. The zero-order valence-electron chi connectivity index (χ0n) is 11.1. The molecule has 0 spiro atoms. The number of halogens is 3. The second-order valence-electron chi connectivity index (χ2n) is 4.47. The molecule has 1 N–H and O–H groups in total. The van der Waals surface area contributed by atoms with Crippen molar-refractivity contribution in [3.05, 3.63) is 29.6 Å². The topological polar surface area (TPSA) is 63.1 Å². The number of fused-ring (bicyclic) bond motifs is 1. The van der Waals surface area contributed by atoms with Gasteiger partial charge in [0.15, 0.2) is 0 Å². The molecule has 0 radical (unpaired) electrons. The first kappa shape index (κ1) is 15.6. The number of carboxylic acid groups (broad SMARTS) is 1. The first-order valence-electron chi connectivity index (χ1n) is 5.93. The fraction of sp³-hybridized carbons (Fsp3) is 0.308. The summed E-state index contributed by atoms with van der Waals surface area (Å²) in [5.41, 5.74) is 0.971. The highest BCUT2D eigenvalue weighted by Crippen LogP contribution is 2.33. The highest BCUT2D eigenvalue weighted by atomic mass is 32.2. The van der Waals surface area contributed by atoms with E-state index in [0.717, 1.165) is 17.3 Å². The number of nitrogens with zero attached hydrogens (tertiary/aromatic N) is 2. The fourth-order valence-electron chi connectivity index (χ4n) is 1.65. The molecular formula is C13H11F3N2O2S. The SMILES string of the molecule is Cc1ccc2nc(C(F)(F)F)nc(SC(C)C(=O)O)c2c1. The van der Waals surface area contributed by atoms with E-state index in [-0.39, 0.29) is 10.5 Å². The summed E-state index contributed by atoms with van der Waals surface area (Å²) in [5.74, 6) is -2.38. The number of aliphatic carboxylic acids is 1. The Labute approximate surface area is 122 Å². The summed E-state index contributed by atoms with van der Waals surface area (Å²) < 4.78 is 38.5. The second-order valence-corrected chi connectivity index (χ2v) is 5.80. The van der Waals surface area contributed by atoms with Crippen LogP contribution in [0, 0.1) is 6.92 Å². The van der Waals surface area contributed by atoms with Gasteiger partial charge in [0.2, 0.25) is 5.82 Å². The van der Waals surface area contributed by atoms with E-state index in [9.17, 15) is 18.0 Å². The van der Waals surface area contributed by atoms with Gasteiger partial charge in [0, 0.05) is 5.39 Å². The molecule has 2 rings (SSSR count). The van der Waals surface area contributed by atoms with Gasteiger partial charge in [-0.05, 0) is 26.0 Å². The molecule has 0 bridgehead atoms. The Balaban J connectivity index is 2.63. The average Bonchev–Trinajstić information content (AvgIpc) is 2.37. The Morgan fingerprint density at radius 2 is 2.00 bits per heavy atom. The van der Waals surface area contributed by atoms with Gasteiger partial charge in [-0.2, -0.15) is 13.2 Å². The molecule has 1 atom stereocenters. The number of aryl methyl sites for hydroxylation is 1. The molecule has 0 amide bonds. The van der Waals surface area contributed by atoms with E-state index < -0.39 is 23.2 Å². The number of alkyl halides is 3. The van der Waals surface area contributed by atoms with Crippen LogP contribution < -0.4 is 0 Å². The van der Waals surface area contributed by atoms with Gasteiger partial charge in [-0.25, -0.2) is 9.97 Å². The molecule has 1 aromatic carbocycles. The van der Waals surface area contributed by atoms with Gasteiger partial charge in [0.25, 0.3) is 0 Å². The summed E-state index contributed by atoms with van der Waals surface area (Å²) in [6.07, 6.45) is -4.68. The van der Waals surface area contributed by atoms with E-state index in [1.807, 2.05) is 0 Å². The van der Waals surface area contributed by atoms with Crippen LogP contribution in [-0.2, 0) is 11.0 Å². The van der Waals surface area contributed by atoms with E-state index in [4.69, 9.17) is 5.11 Å². The van der Waals surface area contributed by atoms with Crippen LogP contribution in [0.5, 0.6) is 0 Å². The Morgan fingerprint density at radius 3 is 2.57 bits per heavy atom. The van der Waals surface area contributed by atoms with E-state index in [1.54, 1.807) is 19.1 Å². The first-order chi connectivity index (χ1) is 9.68. The number of rotatable bonds is 3. The second kappa shape index (κ2) is 5.51. The smallest absolute Gasteiger partial charge is 0.451 e. The first-order valence-corrected chi connectivity index (χ1v) is 6.81. The van der Waals surface area contributed by atoms with Crippen LogP contribution in [0.2, 0.25) is 0 Å². The number of aromatic nitrogens is 2. The van der Waals surface area contributed by atoms with Gasteiger partial charge in [-0.1, -0.05) is 23.4 Å². The zero-order chi connectivity index (χ0) is 15.8. The van der Waals surface area contributed by atoms with Crippen molar-refractivity contribution in [3.8, 4) is 0 Å². The van der Waals surface area contributed by atoms with Crippen LogP contribution >= 0.6 is 11.8 Å². The molecule has 1 aromatic heterocycles. The molecule has 1 heterocycles. The van der Waals surface area contributed by atoms with Crippen LogP contribution in [0.3, 0.4) is 0 Å². The summed E-state index contributed by atoms with van der Waals surface area (Å²) in [6, 6.07) is 4.76. The number of carbonyl (C=O) groups is 1. The van der Waals surface area contributed by atoms with Crippen LogP contribution in [0.1, 0.15) is 18.3 Å². The predicted molar refractivity (Wildman–Crippen MR) is 72.2 cm³/mol. The molecule has 0 fully saturated rings. The van der Waals surface area contributed by atoms with Gasteiger partial charge < -0.3 is 5.11 Å². The van der Waals surface area contributed by atoms with E-state index >= 15 is 0 Å². The molecule has 112 valence electrons. The van der Waals surface area contributed by atoms with E-state index in [0.29, 0.717) is 5.39 Å². The molecule has 8 heteroatoms. The van der Waals surface area contributed by atoms with Gasteiger partial charge in [-0.3, -0.25) is 4.79 Å². The Hall–Kier alpha value is -1.83. The van der Waals surface area contributed by atoms with E-state index in [1.165, 1.54) is 13.0 Å². The van der Waals surface area contributed by atoms with Crippen LogP contribution in [-0.4, -0.2) is 26.3 Å². The molecule has 0 aliphatic rings. The maximum atomic E-state index is 12.8. The molecule has 0 aliphatic heterocycles. The number of benzene rings is 1. The van der Waals surface area contributed by atoms with Crippen molar-refractivity contribution < 1.29 is 23.1 Å². The molecule has 0 saturated carbocycles.